The molecule has 8 heteroatoms. The fourth-order valence-electron chi connectivity index (χ4n) is 2.47. The molecule has 0 aromatic heterocycles. The molecular formula is C17H16ClN3O4. The number of hydrogen-bond acceptors (Lipinski definition) is 4. The second-order valence-corrected chi connectivity index (χ2v) is 6.01. The van der Waals surface area contributed by atoms with Gasteiger partial charge in [-0.1, -0.05) is 29.3 Å². The van der Waals surface area contributed by atoms with E-state index >= 15 is 0 Å². The van der Waals surface area contributed by atoms with Gasteiger partial charge in [-0.15, -0.1) is 0 Å². The largest absolute Gasteiger partial charge is 0.318 e. The third-order valence-electron chi connectivity index (χ3n) is 3.52. The highest BCUT2D eigenvalue weighted by atomic mass is 35.5. The molecule has 0 atom stereocenters. The molecule has 2 rings (SSSR count). The zero-order valence-corrected chi connectivity index (χ0v) is 14.6. The van der Waals surface area contributed by atoms with Crippen molar-refractivity contribution in [2.24, 2.45) is 0 Å². The fraction of sp³-hybridized carbons (Fsp3) is 0.176. The van der Waals surface area contributed by atoms with E-state index in [1.165, 1.54) is 12.1 Å². The van der Waals surface area contributed by atoms with Gasteiger partial charge in [0.1, 0.15) is 5.02 Å². The van der Waals surface area contributed by atoms with Crippen molar-refractivity contribution in [1.82, 2.24) is 0 Å². The van der Waals surface area contributed by atoms with E-state index in [0.29, 0.717) is 5.69 Å². The van der Waals surface area contributed by atoms with Crippen molar-refractivity contribution < 1.29 is 14.5 Å². The number of nitrogens with one attached hydrogen (secondary N) is 2. The van der Waals surface area contributed by atoms with Crippen LogP contribution in [0.3, 0.4) is 0 Å². The molecule has 0 aliphatic carbocycles. The summed E-state index contributed by atoms with van der Waals surface area (Å²) in [6.07, 6.45) is 0. The Bertz CT molecular complexity index is 857. The Hall–Kier alpha value is -2.93. The molecule has 0 aliphatic rings. The smallest absolute Gasteiger partial charge is 0.314 e. The van der Waals surface area contributed by atoms with Gasteiger partial charge in [-0.25, -0.2) is 0 Å². The molecule has 0 saturated carbocycles. The van der Waals surface area contributed by atoms with Crippen molar-refractivity contribution in [3.63, 3.8) is 0 Å². The lowest BCUT2D eigenvalue weighted by Gasteiger charge is -2.12. The van der Waals surface area contributed by atoms with Crippen molar-refractivity contribution in [3.05, 3.63) is 62.2 Å². The van der Waals surface area contributed by atoms with E-state index < -0.39 is 16.7 Å². The van der Waals surface area contributed by atoms with Gasteiger partial charge in [-0.2, -0.15) is 0 Å². The second-order valence-electron chi connectivity index (χ2n) is 5.61. The molecular weight excluding hydrogens is 346 g/mol. The molecule has 0 bridgehead atoms. The third-order valence-corrected chi connectivity index (χ3v) is 3.84. The van der Waals surface area contributed by atoms with Gasteiger partial charge in [0.15, 0.2) is 0 Å². The van der Waals surface area contributed by atoms with Gasteiger partial charge >= 0.3 is 11.8 Å². The number of benzene rings is 2. The molecule has 2 amide bonds. The van der Waals surface area contributed by atoms with E-state index in [1.807, 2.05) is 32.9 Å². The van der Waals surface area contributed by atoms with Gasteiger partial charge in [0.05, 0.1) is 4.92 Å². The number of halogens is 1. The number of nitro groups is 1. The maximum atomic E-state index is 12.1. The van der Waals surface area contributed by atoms with Crippen LogP contribution in [0.2, 0.25) is 5.02 Å². The van der Waals surface area contributed by atoms with E-state index in [2.05, 4.69) is 10.6 Å². The first-order valence-corrected chi connectivity index (χ1v) is 7.71. The number of amides is 2. The molecule has 130 valence electrons. The molecule has 2 aromatic rings. The highest BCUT2D eigenvalue weighted by Gasteiger charge is 2.19. The average Bonchev–Trinajstić information content (AvgIpc) is 2.52. The molecule has 0 unspecified atom stereocenters. The SMILES string of the molecule is Cc1cc(C)c(NC(=O)C(=O)Nc2ccc(Cl)c([N+](=O)[O-])c2)c(C)c1. The summed E-state index contributed by atoms with van der Waals surface area (Å²) in [6.45, 7) is 5.60. The topological polar surface area (TPSA) is 101 Å². The molecule has 0 radical (unpaired) electrons. The van der Waals surface area contributed by atoms with Crippen molar-refractivity contribution in [2.75, 3.05) is 10.6 Å². The average molecular weight is 362 g/mol. The van der Waals surface area contributed by atoms with Gasteiger partial charge in [-0.3, -0.25) is 19.7 Å². The number of nitro benzene ring substituents is 1. The standard InChI is InChI=1S/C17H16ClN3O4/c1-9-6-10(2)15(11(3)7-9)20-17(23)16(22)19-12-4-5-13(18)14(8-12)21(24)25/h4-8H,1-3H3,(H,19,22)(H,20,23). The molecule has 0 saturated heterocycles. The van der Waals surface area contributed by atoms with Gasteiger partial charge in [-0.05, 0) is 44.0 Å². The van der Waals surface area contributed by atoms with E-state index in [1.54, 1.807) is 0 Å². The van der Waals surface area contributed by atoms with Crippen LogP contribution in [0.4, 0.5) is 17.1 Å². The van der Waals surface area contributed by atoms with E-state index in [0.717, 1.165) is 22.8 Å². The lowest BCUT2D eigenvalue weighted by atomic mass is 10.1. The minimum Gasteiger partial charge on any atom is -0.318 e. The van der Waals surface area contributed by atoms with Crippen LogP contribution in [0.1, 0.15) is 16.7 Å². The normalized spacial score (nSPS) is 10.2. The second kappa shape index (κ2) is 7.31. The number of aryl methyl sites for hydroxylation is 3. The monoisotopic (exact) mass is 361 g/mol. The van der Waals surface area contributed by atoms with Crippen molar-refractivity contribution >= 4 is 40.5 Å². The quantitative estimate of drug-likeness (QED) is 0.493. The summed E-state index contributed by atoms with van der Waals surface area (Å²) >= 11 is 5.71. The van der Waals surface area contributed by atoms with E-state index in [-0.39, 0.29) is 16.4 Å². The van der Waals surface area contributed by atoms with Crippen LogP contribution >= 0.6 is 11.6 Å². The molecule has 7 nitrogen and oxygen atoms in total. The molecule has 0 aliphatic heterocycles. The van der Waals surface area contributed by atoms with Crippen molar-refractivity contribution in [3.8, 4) is 0 Å². The third kappa shape index (κ3) is 4.33. The van der Waals surface area contributed by atoms with Crippen LogP contribution < -0.4 is 10.6 Å². The highest BCUT2D eigenvalue weighted by Crippen LogP contribution is 2.27. The summed E-state index contributed by atoms with van der Waals surface area (Å²) in [4.78, 5) is 34.4. The number of carbonyl (C=O) groups is 2. The van der Waals surface area contributed by atoms with Crippen LogP contribution in [-0.2, 0) is 9.59 Å². The minimum atomic E-state index is -0.934. The minimum absolute atomic E-state index is 0.0571. The Kier molecular flexibility index (Phi) is 5.38. The Morgan fingerprint density at radius 3 is 2.12 bits per heavy atom. The van der Waals surface area contributed by atoms with Crippen molar-refractivity contribution in [1.29, 1.82) is 0 Å². The predicted molar refractivity (Wildman–Crippen MR) is 96.0 cm³/mol. The Balaban J connectivity index is 2.15. The Labute approximate surface area is 149 Å². The first-order chi connectivity index (χ1) is 11.7. The maximum absolute atomic E-state index is 12.1. The summed E-state index contributed by atoms with van der Waals surface area (Å²) < 4.78 is 0. The highest BCUT2D eigenvalue weighted by molar-refractivity contribution is 6.44. The lowest BCUT2D eigenvalue weighted by Crippen LogP contribution is -2.29. The molecule has 2 N–H and O–H groups in total. The number of nitrogens with zero attached hydrogens (tertiary/aromatic N) is 1. The molecule has 0 spiro atoms. The van der Waals surface area contributed by atoms with Crippen LogP contribution in [0.5, 0.6) is 0 Å². The maximum Gasteiger partial charge on any atom is 0.314 e. The molecule has 0 fully saturated rings. The molecule has 0 heterocycles. The van der Waals surface area contributed by atoms with Crippen LogP contribution in [0.15, 0.2) is 30.3 Å². The van der Waals surface area contributed by atoms with E-state index in [4.69, 9.17) is 11.6 Å². The summed E-state index contributed by atoms with van der Waals surface area (Å²) in [6, 6.07) is 7.53. The van der Waals surface area contributed by atoms with Gasteiger partial charge in [0.25, 0.3) is 5.69 Å². The van der Waals surface area contributed by atoms with Gasteiger partial charge in [0, 0.05) is 17.4 Å². The zero-order chi connectivity index (χ0) is 18.7. The molecule has 25 heavy (non-hydrogen) atoms. The zero-order valence-electron chi connectivity index (χ0n) is 13.8. The number of carbonyl (C=O) groups excluding carboxylic acids is 2. The Morgan fingerprint density at radius 2 is 1.56 bits per heavy atom. The fourth-order valence-corrected chi connectivity index (χ4v) is 2.65. The first kappa shape index (κ1) is 18.4. The van der Waals surface area contributed by atoms with Crippen LogP contribution in [0, 0.1) is 30.9 Å². The lowest BCUT2D eigenvalue weighted by molar-refractivity contribution is -0.384. The summed E-state index contributed by atoms with van der Waals surface area (Å²) in [5.74, 6) is -1.80. The summed E-state index contributed by atoms with van der Waals surface area (Å²) in [5, 5.41) is 15.7. The van der Waals surface area contributed by atoms with Crippen LogP contribution in [0.25, 0.3) is 0 Å². The molecule has 2 aromatic carbocycles. The van der Waals surface area contributed by atoms with Crippen LogP contribution in [-0.4, -0.2) is 16.7 Å². The number of anilines is 2. The van der Waals surface area contributed by atoms with E-state index in [9.17, 15) is 19.7 Å². The number of hydrogen-bond donors (Lipinski definition) is 2. The number of rotatable bonds is 3. The first-order valence-electron chi connectivity index (χ1n) is 7.33. The van der Waals surface area contributed by atoms with Gasteiger partial charge < -0.3 is 10.6 Å². The van der Waals surface area contributed by atoms with Crippen molar-refractivity contribution in [2.45, 2.75) is 20.8 Å². The van der Waals surface area contributed by atoms with Gasteiger partial charge in [0.2, 0.25) is 0 Å². The Morgan fingerprint density at radius 1 is 1.00 bits per heavy atom. The predicted octanol–water partition coefficient (Wildman–Crippen LogP) is 3.75. The summed E-state index contributed by atoms with van der Waals surface area (Å²) in [7, 11) is 0. The summed E-state index contributed by atoms with van der Waals surface area (Å²) in [5.41, 5.74) is 3.03.